The van der Waals surface area contributed by atoms with Gasteiger partial charge in [0, 0.05) is 11.2 Å². The van der Waals surface area contributed by atoms with Crippen molar-refractivity contribution in [3.05, 3.63) is 0 Å². The van der Waals surface area contributed by atoms with Crippen LogP contribution in [0.4, 0.5) is 0 Å². The monoisotopic (exact) mass is 97.9 g/mol. The summed E-state index contributed by atoms with van der Waals surface area (Å²) in [7, 11) is -2.65. The van der Waals surface area contributed by atoms with E-state index in [2.05, 4.69) is 11.2 Å². The highest BCUT2D eigenvalue weighted by Crippen LogP contribution is 2.05. The fourth-order valence-electron chi connectivity index (χ4n) is 0. The smallest absolute Gasteiger partial charge is 0.219 e. The second-order valence-corrected chi connectivity index (χ2v) is 1.47. The van der Waals surface area contributed by atoms with Crippen molar-refractivity contribution >= 4 is 18.3 Å². The summed E-state index contributed by atoms with van der Waals surface area (Å²) in [5, 5.41) is 0. The second-order valence-electron chi connectivity index (χ2n) is 0.213. The van der Waals surface area contributed by atoms with Crippen LogP contribution < -0.4 is 0 Å². The first kappa shape index (κ1) is 4.19. The lowest BCUT2D eigenvalue weighted by atomic mass is 15.9. The van der Waals surface area contributed by atoms with Crippen LogP contribution in [-0.4, -0.2) is 0 Å². The number of hydrogen-bond acceptors (Lipinski definition) is 2. The molecule has 0 amide bonds. The minimum Gasteiger partial charge on any atom is -0.219 e. The van der Waals surface area contributed by atoms with Gasteiger partial charge in [0.05, 0.1) is 0 Å². The maximum absolute atomic E-state index is 8.80. The average Bonchev–Trinajstić information content (AvgIpc) is 0.811. The highest BCUT2D eigenvalue weighted by Gasteiger charge is 1.60. The van der Waals surface area contributed by atoms with Gasteiger partial charge in [0.2, 0.25) is 0 Å². The van der Waals surface area contributed by atoms with Crippen LogP contribution in [0.25, 0.3) is 0 Å². The number of hydrogen-bond donors (Lipinski definition) is 0. The standard InChI is InChI=1S/ClO2P/c1-4(2)3. The Hall–Kier alpha value is 0.190. The maximum atomic E-state index is 8.80. The van der Waals surface area contributed by atoms with Crippen molar-refractivity contribution in [3.8, 4) is 0 Å². The van der Waals surface area contributed by atoms with Gasteiger partial charge in [0.1, 0.15) is 0 Å². The van der Waals surface area contributed by atoms with Gasteiger partial charge in [-0.3, -0.25) is 0 Å². The topological polar surface area (TPSA) is 34.1 Å². The predicted molar refractivity (Wildman–Crippen MR) is 14.1 cm³/mol. The zero-order chi connectivity index (χ0) is 3.58. The molecule has 0 radical (unpaired) electrons. The van der Waals surface area contributed by atoms with E-state index in [0.717, 1.165) is 0 Å². The molecule has 0 atom stereocenters. The van der Waals surface area contributed by atoms with Crippen molar-refractivity contribution in [1.29, 1.82) is 0 Å². The third-order valence-corrected chi connectivity index (χ3v) is 0. The van der Waals surface area contributed by atoms with Crippen LogP contribution in [0.15, 0.2) is 0 Å². The summed E-state index contributed by atoms with van der Waals surface area (Å²) < 4.78 is 17.6. The molecule has 0 aromatic carbocycles. The van der Waals surface area contributed by atoms with Crippen molar-refractivity contribution in [2.24, 2.45) is 0 Å². The summed E-state index contributed by atoms with van der Waals surface area (Å²) in [6.07, 6.45) is 0. The van der Waals surface area contributed by atoms with Crippen LogP contribution in [0, 0.1) is 0 Å². The van der Waals surface area contributed by atoms with E-state index in [4.69, 9.17) is 9.13 Å². The molecule has 4 heteroatoms. The lowest BCUT2D eigenvalue weighted by molar-refractivity contribution is 0.526. The molecule has 0 aromatic heterocycles. The van der Waals surface area contributed by atoms with Gasteiger partial charge in [-0.1, -0.05) is 0 Å². The third kappa shape index (κ3) is 85.9. The SMILES string of the molecule is O=P(=O)Cl. The molecule has 0 bridgehead atoms. The fraction of sp³-hybridized carbons (Fsp3) is 0. The molecule has 2 nitrogen and oxygen atoms in total. The molecule has 0 fully saturated rings. The fourth-order valence-corrected chi connectivity index (χ4v) is 0. The van der Waals surface area contributed by atoms with Crippen LogP contribution >= 0.6 is 18.3 Å². The molecule has 4 heavy (non-hydrogen) atoms. The molecule has 0 aliphatic carbocycles. The number of rotatable bonds is 0. The highest BCUT2D eigenvalue weighted by molar-refractivity contribution is 7.63. The normalized spacial score (nSPS) is 6.25. The predicted octanol–water partition coefficient (Wildman–Crippen LogP) is 1.31. The van der Waals surface area contributed by atoms with Crippen molar-refractivity contribution in [3.63, 3.8) is 0 Å². The van der Waals surface area contributed by atoms with Crippen molar-refractivity contribution < 1.29 is 9.13 Å². The van der Waals surface area contributed by atoms with Crippen molar-refractivity contribution in [2.45, 2.75) is 0 Å². The Balaban J connectivity index is 3.51. The summed E-state index contributed by atoms with van der Waals surface area (Å²) >= 11 is 4.23. The van der Waals surface area contributed by atoms with E-state index < -0.39 is 7.03 Å². The minimum absolute atomic E-state index is 2.65. The van der Waals surface area contributed by atoms with Gasteiger partial charge in [-0.05, 0) is 0 Å². The largest absolute Gasteiger partial charge is 0.415 e. The molecule has 24 valence electrons. The van der Waals surface area contributed by atoms with Gasteiger partial charge in [-0.15, -0.1) is 0 Å². The summed E-state index contributed by atoms with van der Waals surface area (Å²) in [4.78, 5) is 0. The van der Waals surface area contributed by atoms with E-state index in [0.29, 0.717) is 0 Å². The molecule has 0 saturated carbocycles. The Kier molecular flexibility index (Phi) is 1.57. The molecule has 0 aliphatic rings. The third-order valence-electron chi connectivity index (χ3n) is 0. The summed E-state index contributed by atoms with van der Waals surface area (Å²) in [6, 6.07) is 0. The van der Waals surface area contributed by atoms with Crippen LogP contribution in [-0.2, 0) is 9.13 Å². The average molecular weight is 98.4 g/mol. The molecule has 0 spiro atoms. The van der Waals surface area contributed by atoms with Gasteiger partial charge in [-0.2, -0.15) is 0 Å². The van der Waals surface area contributed by atoms with Gasteiger partial charge in [-0.25, -0.2) is 9.13 Å². The van der Waals surface area contributed by atoms with Gasteiger partial charge in [0.15, 0.2) is 0 Å². The first-order valence-electron chi connectivity index (χ1n) is 0.534. The molecule has 0 unspecified atom stereocenters. The molecule has 0 heterocycles. The molecular formula is ClO2P. The minimum atomic E-state index is -2.65. The molecule has 0 aliphatic heterocycles. The van der Waals surface area contributed by atoms with E-state index in [1.54, 1.807) is 0 Å². The summed E-state index contributed by atoms with van der Waals surface area (Å²) in [5.74, 6) is 0. The molecular weight excluding hydrogens is 98.4 g/mol. The molecule has 0 N–H and O–H groups in total. The highest BCUT2D eigenvalue weighted by atomic mass is 35.7. The van der Waals surface area contributed by atoms with E-state index in [9.17, 15) is 0 Å². The Morgan fingerprint density at radius 1 is 1.50 bits per heavy atom. The quantitative estimate of drug-likeness (QED) is 0.428. The van der Waals surface area contributed by atoms with Gasteiger partial charge >= 0.3 is 7.03 Å². The Labute approximate surface area is 28.4 Å². The van der Waals surface area contributed by atoms with Crippen LogP contribution in [0.3, 0.4) is 0 Å². The Morgan fingerprint density at radius 3 is 1.50 bits per heavy atom. The Bertz CT molecular complexity index is 54.4. The zero-order valence-corrected chi connectivity index (χ0v) is 3.29. The lowest BCUT2D eigenvalue weighted by Gasteiger charge is -1.28. The maximum Gasteiger partial charge on any atom is 0.415 e. The van der Waals surface area contributed by atoms with Gasteiger partial charge < -0.3 is 0 Å². The Morgan fingerprint density at radius 2 is 1.50 bits per heavy atom. The first-order chi connectivity index (χ1) is 1.73. The number of halogens is 1. The van der Waals surface area contributed by atoms with Crippen LogP contribution in [0.5, 0.6) is 0 Å². The van der Waals surface area contributed by atoms with Crippen molar-refractivity contribution in [1.82, 2.24) is 0 Å². The lowest BCUT2D eigenvalue weighted by Crippen LogP contribution is -0.949. The van der Waals surface area contributed by atoms with E-state index >= 15 is 0 Å². The summed E-state index contributed by atoms with van der Waals surface area (Å²) in [6.45, 7) is 0. The molecule has 0 aromatic rings. The summed E-state index contributed by atoms with van der Waals surface area (Å²) in [5.41, 5.74) is 0. The van der Waals surface area contributed by atoms with Crippen LogP contribution in [0.2, 0.25) is 0 Å². The van der Waals surface area contributed by atoms with E-state index in [-0.39, 0.29) is 0 Å². The van der Waals surface area contributed by atoms with Gasteiger partial charge in [0.25, 0.3) is 0 Å². The first-order valence-corrected chi connectivity index (χ1v) is 2.62. The van der Waals surface area contributed by atoms with Crippen LogP contribution in [0.1, 0.15) is 0 Å². The second kappa shape index (κ2) is 1.50. The van der Waals surface area contributed by atoms with E-state index in [1.807, 2.05) is 0 Å². The van der Waals surface area contributed by atoms with E-state index in [1.165, 1.54) is 0 Å². The molecule has 0 saturated heterocycles. The molecule has 0 rings (SSSR count). The zero-order valence-electron chi connectivity index (χ0n) is 1.64. The van der Waals surface area contributed by atoms with Crippen molar-refractivity contribution in [2.75, 3.05) is 0 Å².